The van der Waals surface area contributed by atoms with Crippen LogP contribution in [0, 0.1) is 11.3 Å². The summed E-state index contributed by atoms with van der Waals surface area (Å²) in [6.07, 6.45) is 0. The standard InChI is InChI=1S/C9H7ClN2O2/c1-2-14-9(13)6-3-4-8(10)12-7(6)5-11/h3-4H,2H2,1H3. The van der Waals surface area contributed by atoms with Crippen molar-refractivity contribution in [3.63, 3.8) is 0 Å². The van der Waals surface area contributed by atoms with Gasteiger partial charge in [0.25, 0.3) is 0 Å². The van der Waals surface area contributed by atoms with E-state index in [0.717, 1.165) is 0 Å². The summed E-state index contributed by atoms with van der Waals surface area (Å²) in [6, 6.07) is 4.64. The molecule has 0 radical (unpaired) electrons. The van der Waals surface area contributed by atoms with Crippen molar-refractivity contribution in [3.8, 4) is 6.07 Å². The lowest BCUT2D eigenvalue weighted by atomic mass is 10.2. The second kappa shape index (κ2) is 4.58. The molecule has 5 heteroatoms. The molecule has 0 aliphatic heterocycles. The highest BCUT2D eigenvalue weighted by Crippen LogP contribution is 2.11. The van der Waals surface area contributed by atoms with Crippen LogP contribution in [0.2, 0.25) is 5.15 Å². The molecule has 0 aromatic carbocycles. The molecule has 0 aliphatic carbocycles. The normalized spacial score (nSPS) is 9.21. The van der Waals surface area contributed by atoms with Gasteiger partial charge in [-0.1, -0.05) is 11.6 Å². The summed E-state index contributed by atoms with van der Waals surface area (Å²) < 4.78 is 4.74. The number of carbonyl (C=O) groups is 1. The first-order valence-corrected chi connectivity index (χ1v) is 4.30. The number of rotatable bonds is 2. The number of aromatic nitrogens is 1. The number of halogens is 1. The lowest BCUT2D eigenvalue weighted by Gasteiger charge is -2.02. The SMILES string of the molecule is CCOC(=O)c1ccc(Cl)nc1C#N. The molecule has 0 N–H and O–H groups in total. The van der Waals surface area contributed by atoms with Crippen molar-refractivity contribution in [1.29, 1.82) is 5.26 Å². The number of pyridine rings is 1. The molecule has 0 bridgehead atoms. The van der Waals surface area contributed by atoms with Gasteiger partial charge in [0.2, 0.25) is 0 Å². The molecule has 4 nitrogen and oxygen atoms in total. The third-order valence-electron chi connectivity index (χ3n) is 1.46. The average molecular weight is 211 g/mol. The molecule has 0 fully saturated rings. The summed E-state index contributed by atoms with van der Waals surface area (Å²) >= 11 is 5.56. The first-order chi connectivity index (χ1) is 6.69. The predicted molar refractivity (Wildman–Crippen MR) is 49.9 cm³/mol. The van der Waals surface area contributed by atoms with Crippen LogP contribution in [0.1, 0.15) is 23.0 Å². The van der Waals surface area contributed by atoms with Crippen LogP contribution in [0.4, 0.5) is 0 Å². The number of nitrogens with zero attached hydrogens (tertiary/aromatic N) is 2. The summed E-state index contributed by atoms with van der Waals surface area (Å²) in [5, 5.41) is 8.86. The number of hydrogen-bond donors (Lipinski definition) is 0. The van der Waals surface area contributed by atoms with Gasteiger partial charge in [-0.2, -0.15) is 5.26 Å². The van der Waals surface area contributed by atoms with Crippen molar-refractivity contribution in [2.24, 2.45) is 0 Å². The minimum Gasteiger partial charge on any atom is -0.462 e. The quantitative estimate of drug-likeness (QED) is 0.551. The Morgan fingerprint density at radius 2 is 2.43 bits per heavy atom. The monoisotopic (exact) mass is 210 g/mol. The number of ether oxygens (including phenoxy) is 1. The summed E-state index contributed by atoms with van der Waals surface area (Å²) in [7, 11) is 0. The summed E-state index contributed by atoms with van der Waals surface area (Å²) in [6.45, 7) is 1.94. The van der Waals surface area contributed by atoms with E-state index in [9.17, 15) is 4.79 Å². The van der Waals surface area contributed by atoms with Gasteiger partial charge in [0.15, 0.2) is 5.69 Å². The van der Waals surface area contributed by atoms with Gasteiger partial charge in [-0.05, 0) is 19.1 Å². The molecule has 0 spiro atoms. The van der Waals surface area contributed by atoms with Crippen LogP contribution in [0.5, 0.6) is 0 Å². The summed E-state index contributed by atoms with van der Waals surface area (Å²) in [5.41, 5.74) is 0.120. The molecule has 0 amide bonds. The third-order valence-corrected chi connectivity index (χ3v) is 1.67. The fourth-order valence-corrected chi connectivity index (χ4v) is 1.04. The zero-order chi connectivity index (χ0) is 10.6. The van der Waals surface area contributed by atoms with E-state index in [2.05, 4.69) is 4.98 Å². The molecule has 0 unspecified atom stereocenters. The van der Waals surface area contributed by atoms with Crippen molar-refractivity contribution in [3.05, 3.63) is 28.5 Å². The lowest BCUT2D eigenvalue weighted by molar-refractivity contribution is 0.0525. The Morgan fingerprint density at radius 3 is 3.00 bits per heavy atom. The van der Waals surface area contributed by atoms with Gasteiger partial charge >= 0.3 is 5.97 Å². The lowest BCUT2D eigenvalue weighted by Crippen LogP contribution is -2.08. The molecular formula is C9H7ClN2O2. The van der Waals surface area contributed by atoms with Crippen molar-refractivity contribution >= 4 is 17.6 Å². The van der Waals surface area contributed by atoms with E-state index in [1.807, 2.05) is 0 Å². The Kier molecular flexibility index (Phi) is 3.43. The second-order valence-corrected chi connectivity index (χ2v) is 2.75. The van der Waals surface area contributed by atoms with Gasteiger partial charge in [0, 0.05) is 0 Å². The van der Waals surface area contributed by atoms with Crippen molar-refractivity contribution in [2.45, 2.75) is 6.92 Å². The number of esters is 1. The maximum atomic E-state index is 11.3. The molecule has 14 heavy (non-hydrogen) atoms. The molecule has 72 valence electrons. The van der Waals surface area contributed by atoms with Crippen LogP contribution in [-0.4, -0.2) is 17.6 Å². The average Bonchev–Trinajstić information content (AvgIpc) is 2.17. The summed E-state index contributed by atoms with van der Waals surface area (Å²) in [5.74, 6) is -0.562. The molecule has 0 atom stereocenters. The van der Waals surface area contributed by atoms with E-state index in [4.69, 9.17) is 21.6 Å². The van der Waals surface area contributed by atoms with Crippen LogP contribution < -0.4 is 0 Å². The Labute approximate surface area is 86.1 Å². The van der Waals surface area contributed by atoms with Crippen molar-refractivity contribution in [1.82, 2.24) is 4.98 Å². The van der Waals surface area contributed by atoms with Gasteiger partial charge in [0.1, 0.15) is 11.2 Å². The fourth-order valence-electron chi connectivity index (χ4n) is 0.894. The van der Waals surface area contributed by atoms with E-state index in [0.29, 0.717) is 0 Å². The zero-order valence-corrected chi connectivity index (χ0v) is 8.21. The maximum Gasteiger partial charge on any atom is 0.341 e. The van der Waals surface area contributed by atoms with Crippen LogP contribution >= 0.6 is 11.6 Å². The molecule has 1 rings (SSSR count). The first-order valence-electron chi connectivity index (χ1n) is 3.92. The van der Waals surface area contributed by atoms with Gasteiger partial charge in [0.05, 0.1) is 12.2 Å². The molecule has 1 heterocycles. The molecular weight excluding hydrogens is 204 g/mol. The van der Waals surface area contributed by atoms with E-state index in [1.54, 1.807) is 13.0 Å². The first kappa shape index (κ1) is 10.5. The smallest absolute Gasteiger partial charge is 0.341 e. The van der Waals surface area contributed by atoms with Gasteiger partial charge in [-0.3, -0.25) is 0 Å². The van der Waals surface area contributed by atoms with Crippen molar-refractivity contribution in [2.75, 3.05) is 6.61 Å². The minimum atomic E-state index is -0.562. The topological polar surface area (TPSA) is 63.0 Å². The Morgan fingerprint density at radius 1 is 1.71 bits per heavy atom. The molecule has 1 aromatic heterocycles. The zero-order valence-electron chi connectivity index (χ0n) is 7.45. The van der Waals surface area contributed by atoms with Gasteiger partial charge in [-0.25, -0.2) is 9.78 Å². The van der Waals surface area contributed by atoms with E-state index in [-0.39, 0.29) is 23.0 Å². The maximum absolute atomic E-state index is 11.3. The molecule has 0 saturated carbocycles. The number of hydrogen-bond acceptors (Lipinski definition) is 4. The van der Waals surface area contributed by atoms with Crippen LogP contribution in [-0.2, 0) is 4.74 Å². The van der Waals surface area contributed by atoms with Crippen LogP contribution in [0.25, 0.3) is 0 Å². The fraction of sp³-hybridized carbons (Fsp3) is 0.222. The molecule has 1 aromatic rings. The van der Waals surface area contributed by atoms with E-state index >= 15 is 0 Å². The molecule has 0 saturated heterocycles. The second-order valence-electron chi connectivity index (χ2n) is 2.36. The van der Waals surface area contributed by atoms with E-state index < -0.39 is 5.97 Å². The Bertz CT molecular complexity index is 398. The minimum absolute atomic E-state index is 0.0176. The highest BCUT2D eigenvalue weighted by molar-refractivity contribution is 6.29. The van der Waals surface area contributed by atoms with Gasteiger partial charge < -0.3 is 4.74 Å². The largest absolute Gasteiger partial charge is 0.462 e. The predicted octanol–water partition coefficient (Wildman–Crippen LogP) is 1.78. The van der Waals surface area contributed by atoms with Crippen LogP contribution in [0.15, 0.2) is 12.1 Å². The highest BCUT2D eigenvalue weighted by atomic mass is 35.5. The third kappa shape index (κ3) is 2.21. The summed E-state index contributed by atoms with van der Waals surface area (Å²) in [4.78, 5) is 15.0. The van der Waals surface area contributed by atoms with Crippen LogP contribution in [0.3, 0.4) is 0 Å². The number of carbonyl (C=O) groups excluding carboxylic acids is 1. The molecule has 0 aliphatic rings. The number of nitriles is 1. The highest BCUT2D eigenvalue weighted by Gasteiger charge is 2.13. The van der Waals surface area contributed by atoms with Crippen molar-refractivity contribution < 1.29 is 9.53 Å². The van der Waals surface area contributed by atoms with E-state index in [1.165, 1.54) is 12.1 Å². The Hall–Kier alpha value is -1.60. The Balaban J connectivity index is 3.09. The van der Waals surface area contributed by atoms with Gasteiger partial charge in [-0.15, -0.1) is 0 Å².